The summed E-state index contributed by atoms with van der Waals surface area (Å²) in [6.45, 7) is 7.21. The molecule has 0 aliphatic carbocycles. The molecule has 0 saturated carbocycles. The number of piperidine rings is 1. The van der Waals surface area contributed by atoms with E-state index in [9.17, 15) is 4.79 Å². The maximum Gasteiger partial charge on any atom is 0.251 e. The second-order valence-corrected chi connectivity index (χ2v) is 8.53. The van der Waals surface area contributed by atoms with E-state index in [-0.39, 0.29) is 12.0 Å². The third-order valence-electron chi connectivity index (χ3n) is 5.66. The van der Waals surface area contributed by atoms with Gasteiger partial charge in [-0.1, -0.05) is 17.7 Å². The van der Waals surface area contributed by atoms with Gasteiger partial charge in [-0.2, -0.15) is 0 Å². The summed E-state index contributed by atoms with van der Waals surface area (Å²) in [6, 6.07) is 9.86. The van der Waals surface area contributed by atoms with Crippen molar-refractivity contribution in [3.8, 4) is 5.75 Å². The van der Waals surface area contributed by atoms with Crippen LogP contribution in [0.4, 0.5) is 0 Å². The molecule has 2 heterocycles. The summed E-state index contributed by atoms with van der Waals surface area (Å²) in [4.78, 5) is 19.2. The average Bonchev–Trinajstić information content (AvgIpc) is 2.77. The zero-order valence-electron chi connectivity index (χ0n) is 18.6. The van der Waals surface area contributed by atoms with Gasteiger partial charge in [0.15, 0.2) is 0 Å². The Bertz CT molecular complexity index is 852. The monoisotopic (exact) mass is 445 g/mol. The first-order chi connectivity index (χ1) is 15.0. The standard InChI is InChI=1S/C24H32ClN3O3/c1-17-4-6-20(27-16-17)14-18(2)28-11-8-21(9-12-28)31-23-7-5-19(15-22(23)25)24(29)26-10-13-30-3/h4-7,15-16,18,21H,8-14H2,1-3H3,(H,26,29)/t18-/m1/s1. The van der Waals surface area contributed by atoms with E-state index in [2.05, 4.69) is 41.2 Å². The second kappa shape index (κ2) is 11.5. The number of aromatic nitrogens is 1. The number of ether oxygens (including phenoxy) is 2. The average molecular weight is 446 g/mol. The van der Waals surface area contributed by atoms with Crippen molar-refractivity contribution in [1.82, 2.24) is 15.2 Å². The first kappa shape index (κ1) is 23.5. The number of hydrogen-bond donors (Lipinski definition) is 1. The highest BCUT2D eigenvalue weighted by atomic mass is 35.5. The van der Waals surface area contributed by atoms with Crippen LogP contribution < -0.4 is 10.1 Å². The van der Waals surface area contributed by atoms with Crippen LogP contribution in [0.15, 0.2) is 36.5 Å². The molecule has 168 valence electrons. The van der Waals surface area contributed by atoms with Crippen LogP contribution in [0.1, 0.15) is 41.4 Å². The predicted molar refractivity (Wildman–Crippen MR) is 123 cm³/mol. The fourth-order valence-corrected chi connectivity index (χ4v) is 4.00. The maximum atomic E-state index is 12.1. The van der Waals surface area contributed by atoms with Crippen molar-refractivity contribution in [2.75, 3.05) is 33.4 Å². The van der Waals surface area contributed by atoms with Gasteiger partial charge in [0.05, 0.1) is 11.6 Å². The molecule has 7 heteroatoms. The molecule has 1 fully saturated rings. The van der Waals surface area contributed by atoms with Crippen LogP contribution in [-0.4, -0.2) is 61.3 Å². The predicted octanol–water partition coefficient (Wildman–Crippen LogP) is 3.89. The van der Waals surface area contributed by atoms with Gasteiger partial charge in [0.1, 0.15) is 11.9 Å². The number of methoxy groups -OCH3 is 1. The number of amides is 1. The van der Waals surface area contributed by atoms with Gasteiger partial charge < -0.3 is 14.8 Å². The number of nitrogens with zero attached hydrogens (tertiary/aromatic N) is 2. The Labute approximate surface area is 189 Å². The molecule has 6 nitrogen and oxygen atoms in total. The largest absolute Gasteiger partial charge is 0.489 e. The van der Waals surface area contributed by atoms with E-state index in [0.717, 1.165) is 38.0 Å². The quantitative estimate of drug-likeness (QED) is 0.593. The topological polar surface area (TPSA) is 63.7 Å². The number of aryl methyl sites for hydroxylation is 1. The Balaban J connectivity index is 1.47. The molecule has 0 bridgehead atoms. The minimum absolute atomic E-state index is 0.125. The molecular weight excluding hydrogens is 414 g/mol. The SMILES string of the molecule is COCCNC(=O)c1ccc(OC2CCN([C@H](C)Cc3ccc(C)cn3)CC2)c(Cl)c1. The molecule has 3 rings (SSSR count). The molecule has 0 spiro atoms. The Morgan fingerprint density at radius 1 is 1.29 bits per heavy atom. The van der Waals surface area contributed by atoms with Crippen molar-refractivity contribution in [2.24, 2.45) is 0 Å². The van der Waals surface area contributed by atoms with E-state index in [0.29, 0.717) is 35.5 Å². The number of carbonyl (C=O) groups is 1. The molecule has 1 aliphatic rings. The van der Waals surface area contributed by atoms with Gasteiger partial charge in [0.2, 0.25) is 0 Å². The van der Waals surface area contributed by atoms with Crippen LogP contribution in [-0.2, 0) is 11.2 Å². The number of hydrogen-bond acceptors (Lipinski definition) is 5. The first-order valence-corrected chi connectivity index (χ1v) is 11.2. The number of likely N-dealkylation sites (tertiary alicyclic amines) is 1. The Morgan fingerprint density at radius 2 is 2.06 bits per heavy atom. The minimum atomic E-state index is -0.170. The zero-order valence-corrected chi connectivity index (χ0v) is 19.3. The van der Waals surface area contributed by atoms with E-state index < -0.39 is 0 Å². The lowest BCUT2D eigenvalue weighted by Gasteiger charge is -2.36. The summed E-state index contributed by atoms with van der Waals surface area (Å²) in [5, 5.41) is 3.25. The molecule has 31 heavy (non-hydrogen) atoms. The third kappa shape index (κ3) is 6.92. The number of halogens is 1. The van der Waals surface area contributed by atoms with Crippen molar-refractivity contribution in [3.63, 3.8) is 0 Å². The lowest BCUT2D eigenvalue weighted by molar-refractivity contribution is 0.0796. The fourth-order valence-electron chi connectivity index (χ4n) is 3.77. The third-order valence-corrected chi connectivity index (χ3v) is 5.95. The van der Waals surface area contributed by atoms with Crippen molar-refractivity contribution in [1.29, 1.82) is 0 Å². The Morgan fingerprint density at radius 3 is 2.71 bits per heavy atom. The fraction of sp³-hybridized carbons (Fsp3) is 0.500. The second-order valence-electron chi connectivity index (χ2n) is 8.13. The van der Waals surface area contributed by atoms with Gasteiger partial charge in [0.25, 0.3) is 5.91 Å². The van der Waals surface area contributed by atoms with Crippen LogP contribution in [0, 0.1) is 6.92 Å². The highest BCUT2D eigenvalue weighted by molar-refractivity contribution is 6.32. The van der Waals surface area contributed by atoms with Crippen molar-refractivity contribution >= 4 is 17.5 Å². The summed E-state index contributed by atoms with van der Waals surface area (Å²) in [6.07, 6.45) is 4.90. The number of rotatable bonds is 9. The van der Waals surface area contributed by atoms with Gasteiger partial charge in [-0.05, 0) is 56.5 Å². The van der Waals surface area contributed by atoms with Crippen LogP contribution in [0.25, 0.3) is 0 Å². The Hall–Kier alpha value is -2.15. The van der Waals surface area contributed by atoms with E-state index in [1.54, 1.807) is 25.3 Å². The smallest absolute Gasteiger partial charge is 0.251 e. The van der Waals surface area contributed by atoms with E-state index in [1.807, 2.05) is 6.20 Å². The molecule has 1 N–H and O–H groups in total. The summed E-state index contributed by atoms with van der Waals surface area (Å²) < 4.78 is 11.1. The molecule has 1 saturated heterocycles. The van der Waals surface area contributed by atoms with Gasteiger partial charge in [-0.25, -0.2) is 0 Å². The van der Waals surface area contributed by atoms with Gasteiger partial charge in [0, 0.05) is 56.7 Å². The van der Waals surface area contributed by atoms with Crippen LogP contribution in [0.3, 0.4) is 0 Å². The molecule has 1 atom stereocenters. The number of benzene rings is 1. The van der Waals surface area contributed by atoms with Gasteiger partial charge in [-0.3, -0.25) is 14.7 Å². The van der Waals surface area contributed by atoms with Crippen LogP contribution in [0.2, 0.25) is 5.02 Å². The first-order valence-electron chi connectivity index (χ1n) is 10.8. The van der Waals surface area contributed by atoms with Crippen molar-refractivity contribution in [2.45, 2.75) is 45.3 Å². The lowest BCUT2D eigenvalue weighted by Crippen LogP contribution is -2.43. The van der Waals surface area contributed by atoms with Crippen molar-refractivity contribution in [3.05, 3.63) is 58.4 Å². The summed E-state index contributed by atoms with van der Waals surface area (Å²) >= 11 is 6.39. The molecule has 1 amide bonds. The molecule has 1 aromatic heterocycles. The molecule has 0 radical (unpaired) electrons. The van der Waals surface area contributed by atoms with Gasteiger partial charge >= 0.3 is 0 Å². The van der Waals surface area contributed by atoms with Gasteiger partial charge in [-0.15, -0.1) is 0 Å². The normalized spacial score (nSPS) is 16.1. The van der Waals surface area contributed by atoms with Crippen LogP contribution in [0.5, 0.6) is 5.75 Å². The summed E-state index contributed by atoms with van der Waals surface area (Å²) in [5.41, 5.74) is 2.84. The minimum Gasteiger partial charge on any atom is -0.489 e. The molecule has 2 aromatic rings. The van der Waals surface area contributed by atoms with Crippen molar-refractivity contribution < 1.29 is 14.3 Å². The number of nitrogens with one attached hydrogen (secondary N) is 1. The van der Waals surface area contributed by atoms with E-state index in [4.69, 9.17) is 21.1 Å². The highest BCUT2D eigenvalue weighted by Crippen LogP contribution is 2.29. The maximum absolute atomic E-state index is 12.1. The number of pyridine rings is 1. The zero-order chi connectivity index (χ0) is 22.2. The molecule has 0 unspecified atom stereocenters. The highest BCUT2D eigenvalue weighted by Gasteiger charge is 2.25. The summed E-state index contributed by atoms with van der Waals surface area (Å²) in [5.74, 6) is 0.460. The molecule has 1 aromatic carbocycles. The number of carbonyl (C=O) groups excluding carboxylic acids is 1. The summed E-state index contributed by atoms with van der Waals surface area (Å²) in [7, 11) is 1.60. The lowest BCUT2D eigenvalue weighted by atomic mass is 10.0. The van der Waals surface area contributed by atoms with E-state index in [1.165, 1.54) is 5.56 Å². The Kier molecular flexibility index (Phi) is 8.69. The van der Waals surface area contributed by atoms with Crippen LogP contribution >= 0.6 is 11.6 Å². The van der Waals surface area contributed by atoms with E-state index >= 15 is 0 Å². The molecular formula is C24H32ClN3O3. The molecule has 1 aliphatic heterocycles.